The average molecular weight is 479 g/mol. The van der Waals surface area contributed by atoms with E-state index in [2.05, 4.69) is 37.5 Å². The Morgan fingerprint density at radius 3 is 1.33 bits per heavy atom. The summed E-state index contributed by atoms with van der Waals surface area (Å²) in [4.78, 5) is 21.9. The molecule has 0 fully saturated rings. The third-order valence-corrected chi connectivity index (χ3v) is 5.37. The zero-order valence-electron chi connectivity index (χ0n) is 20.8. The SMILES string of the molecule is CCCCOc1cc(C#Cc2ccc(C=O)cc2)c(OCCCC)cc1C#Cc1ccc(C=O)cc1. The number of hydrogen-bond acceptors (Lipinski definition) is 4. The van der Waals surface area contributed by atoms with Gasteiger partial charge in [0.25, 0.3) is 0 Å². The molecule has 0 saturated heterocycles. The molecule has 0 bridgehead atoms. The standard InChI is InChI=1S/C32H30O4/c1-3-5-19-35-31-21-30(18-16-26-9-13-28(24-34)14-10-26)32(36-20-6-4-2)22-29(31)17-15-25-7-11-27(23-33)12-8-25/h7-14,21-24H,3-6,19-20H2,1-2H3. The lowest BCUT2D eigenvalue weighted by atomic mass is 10.1. The number of carbonyl (C=O) groups is 2. The van der Waals surface area contributed by atoms with Crippen molar-refractivity contribution in [2.45, 2.75) is 39.5 Å². The quantitative estimate of drug-likeness (QED) is 0.190. The van der Waals surface area contributed by atoms with Crippen molar-refractivity contribution in [1.29, 1.82) is 0 Å². The summed E-state index contributed by atoms with van der Waals surface area (Å²) in [5.74, 6) is 14.1. The molecular formula is C32H30O4. The first kappa shape index (κ1) is 26.3. The molecule has 0 heterocycles. The van der Waals surface area contributed by atoms with Gasteiger partial charge in [0.15, 0.2) is 0 Å². The molecule has 0 atom stereocenters. The molecule has 0 aliphatic carbocycles. The molecular weight excluding hydrogens is 448 g/mol. The molecule has 3 aromatic carbocycles. The Balaban J connectivity index is 2.01. The molecule has 0 spiro atoms. The van der Waals surface area contributed by atoms with Gasteiger partial charge in [-0.05, 0) is 37.1 Å². The van der Waals surface area contributed by atoms with E-state index in [1.54, 1.807) is 24.3 Å². The summed E-state index contributed by atoms with van der Waals surface area (Å²) in [5.41, 5.74) is 4.27. The number of ether oxygens (including phenoxy) is 2. The van der Waals surface area contributed by atoms with Gasteiger partial charge in [-0.2, -0.15) is 0 Å². The van der Waals surface area contributed by atoms with E-state index in [-0.39, 0.29) is 0 Å². The van der Waals surface area contributed by atoms with Crippen molar-refractivity contribution >= 4 is 12.6 Å². The molecule has 182 valence electrons. The highest BCUT2D eigenvalue weighted by Crippen LogP contribution is 2.29. The van der Waals surface area contributed by atoms with Crippen LogP contribution in [0.3, 0.4) is 0 Å². The summed E-state index contributed by atoms with van der Waals surface area (Å²) >= 11 is 0. The molecule has 0 amide bonds. The minimum absolute atomic E-state index is 0.579. The van der Waals surface area contributed by atoms with Crippen LogP contribution in [0.25, 0.3) is 0 Å². The molecule has 0 radical (unpaired) electrons. The Kier molecular flexibility index (Phi) is 10.4. The average Bonchev–Trinajstić information content (AvgIpc) is 2.92. The third-order valence-electron chi connectivity index (χ3n) is 5.37. The molecule has 4 nitrogen and oxygen atoms in total. The highest BCUT2D eigenvalue weighted by Gasteiger charge is 2.11. The Hall–Kier alpha value is -4.28. The fourth-order valence-electron chi connectivity index (χ4n) is 3.22. The summed E-state index contributed by atoms with van der Waals surface area (Å²) in [6.07, 6.45) is 5.52. The Bertz CT molecular complexity index is 1180. The van der Waals surface area contributed by atoms with E-state index >= 15 is 0 Å². The Morgan fingerprint density at radius 1 is 0.611 bits per heavy atom. The summed E-state index contributed by atoms with van der Waals surface area (Å²) in [5, 5.41) is 0. The minimum Gasteiger partial charge on any atom is -0.492 e. The van der Waals surface area contributed by atoms with Crippen LogP contribution in [0.1, 0.15) is 82.5 Å². The molecule has 0 aliphatic heterocycles. The number of rotatable bonds is 10. The second kappa shape index (κ2) is 14.2. The first-order valence-electron chi connectivity index (χ1n) is 12.2. The predicted molar refractivity (Wildman–Crippen MR) is 143 cm³/mol. The van der Waals surface area contributed by atoms with Crippen molar-refractivity contribution in [3.8, 4) is 35.2 Å². The van der Waals surface area contributed by atoms with Crippen LogP contribution in [-0.4, -0.2) is 25.8 Å². The minimum atomic E-state index is 0.579. The van der Waals surface area contributed by atoms with Crippen LogP contribution in [0.15, 0.2) is 60.7 Å². The van der Waals surface area contributed by atoms with Gasteiger partial charge in [-0.15, -0.1) is 0 Å². The molecule has 0 N–H and O–H groups in total. The first-order valence-corrected chi connectivity index (χ1v) is 12.2. The van der Waals surface area contributed by atoms with Gasteiger partial charge in [-0.1, -0.05) is 74.6 Å². The molecule has 0 unspecified atom stereocenters. The topological polar surface area (TPSA) is 52.6 Å². The van der Waals surface area contributed by atoms with E-state index in [0.29, 0.717) is 35.8 Å². The third kappa shape index (κ3) is 7.90. The van der Waals surface area contributed by atoms with E-state index in [0.717, 1.165) is 60.5 Å². The van der Waals surface area contributed by atoms with Gasteiger partial charge in [0.05, 0.1) is 24.3 Å². The molecule has 4 heteroatoms. The van der Waals surface area contributed by atoms with Gasteiger partial charge in [-0.3, -0.25) is 9.59 Å². The first-order chi connectivity index (χ1) is 17.7. The van der Waals surface area contributed by atoms with Gasteiger partial charge >= 0.3 is 0 Å². The van der Waals surface area contributed by atoms with Crippen molar-refractivity contribution in [2.75, 3.05) is 13.2 Å². The Labute approximate surface area is 213 Å². The number of unbranched alkanes of at least 4 members (excludes halogenated alkanes) is 2. The molecule has 3 rings (SSSR count). The second-order valence-electron chi connectivity index (χ2n) is 8.23. The zero-order chi connectivity index (χ0) is 25.6. The number of carbonyl (C=O) groups excluding carboxylic acids is 2. The molecule has 0 saturated carbocycles. The monoisotopic (exact) mass is 478 g/mol. The molecule has 3 aromatic rings. The maximum atomic E-state index is 10.9. The zero-order valence-corrected chi connectivity index (χ0v) is 20.8. The van der Waals surface area contributed by atoms with Crippen molar-refractivity contribution in [3.63, 3.8) is 0 Å². The predicted octanol–water partition coefficient (Wildman–Crippen LogP) is 6.47. The summed E-state index contributed by atoms with van der Waals surface area (Å²) in [6.45, 7) is 5.39. The summed E-state index contributed by atoms with van der Waals surface area (Å²) in [7, 11) is 0. The summed E-state index contributed by atoms with van der Waals surface area (Å²) in [6, 6.07) is 18.1. The van der Waals surface area contributed by atoms with Crippen molar-refractivity contribution < 1.29 is 19.1 Å². The van der Waals surface area contributed by atoms with Gasteiger partial charge in [-0.25, -0.2) is 0 Å². The highest BCUT2D eigenvalue weighted by molar-refractivity contribution is 5.75. The lowest BCUT2D eigenvalue weighted by Gasteiger charge is -2.13. The molecule has 36 heavy (non-hydrogen) atoms. The van der Waals surface area contributed by atoms with E-state index < -0.39 is 0 Å². The van der Waals surface area contributed by atoms with Crippen molar-refractivity contribution in [2.24, 2.45) is 0 Å². The van der Waals surface area contributed by atoms with E-state index in [9.17, 15) is 9.59 Å². The maximum absolute atomic E-state index is 10.9. The lowest BCUT2D eigenvalue weighted by Crippen LogP contribution is -2.03. The largest absolute Gasteiger partial charge is 0.492 e. The van der Waals surface area contributed by atoms with Crippen LogP contribution in [0.4, 0.5) is 0 Å². The van der Waals surface area contributed by atoms with Crippen LogP contribution in [0.5, 0.6) is 11.5 Å². The molecule has 0 aromatic heterocycles. The normalized spacial score (nSPS) is 9.83. The number of benzene rings is 3. The van der Waals surface area contributed by atoms with Gasteiger partial charge in [0.2, 0.25) is 0 Å². The fraction of sp³-hybridized carbons (Fsp3) is 0.250. The van der Waals surface area contributed by atoms with Crippen LogP contribution < -0.4 is 9.47 Å². The molecule has 0 aliphatic rings. The smallest absolute Gasteiger partial charge is 0.150 e. The van der Waals surface area contributed by atoms with Gasteiger partial charge in [0, 0.05) is 34.4 Å². The highest BCUT2D eigenvalue weighted by atomic mass is 16.5. The Morgan fingerprint density at radius 2 is 1.00 bits per heavy atom. The maximum Gasteiger partial charge on any atom is 0.150 e. The van der Waals surface area contributed by atoms with Crippen molar-refractivity contribution in [3.05, 3.63) is 94.0 Å². The van der Waals surface area contributed by atoms with Gasteiger partial charge < -0.3 is 9.47 Å². The van der Waals surface area contributed by atoms with E-state index in [1.807, 2.05) is 36.4 Å². The van der Waals surface area contributed by atoms with Crippen LogP contribution in [0, 0.1) is 23.7 Å². The number of hydrogen-bond donors (Lipinski definition) is 0. The van der Waals surface area contributed by atoms with Crippen LogP contribution in [-0.2, 0) is 0 Å². The van der Waals surface area contributed by atoms with E-state index in [4.69, 9.17) is 9.47 Å². The van der Waals surface area contributed by atoms with Crippen LogP contribution in [0.2, 0.25) is 0 Å². The fourth-order valence-corrected chi connectivity index (χ4v) is 3.22. The van der Waals surface area contributed by atoms with Gasteiger partial charge in [0.1, 0.15) is 24.1 Å². The van der Waals surface area contributed by atoms with E-state index in [1.165, 1.54) is 0 Å². The lowest BCUT2D eigenvalue weighted by molar-refractivity contribution is 0.111. The van der Waals surface area contributed by atoms with Crippen LogP contribution >= 0.6 is 0 Å². The summed E-state index contributed by atoms with van der Waals surface area (Å²) < 4.78 is 12.2. The number of aldehydes is 2. The second-order valence-corrected chi connectivity index (χ2v) is 8.23. The van der Waals surface area contributed by atoms with Crippen molar-refractivity contribution in [1.82, 2.24) is 0 Å².